The second kappa shape index (κ2) is 5.70. The molecule has 0 unspecified atom stereocenters. The molecule has 0 aromatic heterocycles. The molecule has 0 aromatic rings. The van der Waals surface area contributed by atoms with E-state index in [4.69, 9.17) is 15.6 Å². The van der Waals surface area contributed by atoms with Gasteiger partial charge in [-0.3, -0.25) is 0 Å². The molecule has 0 bridgehead atoms. The van der Waals surface area contributed by atoms with E-state index in [0.717, 1.165) is 0 Å². The summed E-state index contributed by atoms with van der Waals surface area (Å²) in [5.41, 5.74) is 5.22. The molecule has 2 atom stereocenters. The third-order valence-electron chi connectivity index (χ3n) is 2.29. The number of rotatable bonds is 1. The number of halogens is 1. The van der Waals surface area contributed by atoms with Gasteiger partial charge in [0, 0.05) is 12.6 Å². The molecule has 96 valence electrons. The monoisotopic (exact) mass is 252 g/mol. The summed E-state index contributed by atoms with van der Waals surface area (Å²) in [5, 5.41) is 9.10. The molecular weight excluding hydrogens is 232 g/mol. The van der Waals surface area contributed by atoms with E-state index in [1.165, 1.54) is 4.90 Å². The maximum absolute atomic E-state index is 11.7. The molecule has 1 fully saturated rings. The summed E-state index contributed by atoms with van der Waals surface area (Å²) in [6.07, 6.45) is 0.241. The van der Waals surface area contributed by atoms with Crippen LogP contribution in [0.1, 0.15) is 27.2 Å². The highest BCUT2D eigenvalue weighted by Gasteiger charge is 2.35. The molecule has 5 nitrogen and oxygen atoms in total. The molecule has 1 aliphatic heterocycles. The fourth-order valence-electron chi connectivity index (χ4n) is 1.67. The molecule has 1 amide bonds. The Hall–Kier alpha value is -0.520. The SMILES string of the molecule is CC(C)(C)OC(=O)N1C[C@@H](N)C[C@@H]1CO.Cl. The topological polar surface area (TPSA) is 75.8 Å². The summed E-state index contributed by atoms with van der Waals surface area (Å²) < 4.78 is 5.22. The van der Waals surface area contributed by atoms with Crippen molar-refractivity contribution in [3.63, 3.8) is 0 Å². The summed E-state index contributed by atoms with van der Waals surface area (Å²) in [5.74, 6) is 0. The molecule has 6 heteroatoms. The van der Waals surface area contributed by atoms with E-state index in [9.17, 15) is 4.79 Å². The second-order valence-corrected chi connectivity index (χ2v) is 4.96. The summed E-state index contributed by atoms with van der Waals surface area (Å²) in [6.45, 7) is 5.84. The molecule has 1 aliphatic rings. The van der Waals surface area contributed by atoms with E-state index in [0.29, 0.717) is 13.0 Å². The summed E-state index contributed by atoms with van der Waals surface area (Å²) >= 11 is 0. The number of nitrogens with zero attached hydrogens (tertiary/aromatic N) is 1. The molecule has 1 heterocycles. The van der Waals surface area contributed by atoms with Crippen molar-refractivity contribution in [2.24, 2.45) is 5.73 Å². The number of amides is 1. The Morgan fingerprint density at radius 1 is 1.56 bits per heavy atom. The number of aliphatic hydroxyl groups is 1. The van der Waals surface area contributed by atoms with Crippen LogP contribution in [0, 0.1) is 0 Å². The lowest BCUT2D eigenvalue weighted by atomic mass is 10.2. The second-order valence-electron chi connectivity index (χ2n) is 4.96. The molecule has 0 aliphatic carbocycles. The minimum Gasteiger partial charge on any atom is -0.444 e. The van der Waals surface area contributed by atoms with Crippen LogP contribution in [0.3, 0.4) is 0 Å². The number of hydrogen-bond donors (Lipinski definition) is 2. The highest BCUT2D eigenvalue weighted by Crippen LogP contribution is 2.19. The van der Waals surface area contributed by atoms with Crippen LogP contribution in [-0.2, 0) is 4.74 Å². The number of aliphatic hydroxyl groups excluding tert-OH is 1. The van der Waals surface area contributed by atoms with Gasteiger partial charge in [0.15, 0.2) is 0 Å². The molecular formula is C10H21ClN2O3. The first kappa shape index (κ1) is 15.5. The minimum absolute atomic E-state index is 0. The van der Waals surface area contributed by atoms with E-state index in [1.807, 2.05) is 20.8 Å². The highest BCUT2D eigenvalue weighted by atomic mass is 35.5. The predicted molar refractivity (Wildman–Crippen MR) is 63.7 cm³/mol. The Morgan fingerprint density at radius 2 is 2.12 bits per heavy atom. The first-order valence-electron chi connectivity index (χ1n) is 5.19. The van der Waals surface area contributed by atoms with Gasteiger partial charge in [-0.15, -0.1) is 12.4 Å². The lowest BCUT2D eigenvalue weighted by molar-refractivity contribution is 0.0175. The highest BCUT2D eigenvalue weighted by molar-refractivity contribution is 5.85. The van der Waals surface area contributed by atoms with Gasteiger partial charge >= 0.3 is 6.09 Å². The van der Waals surface area contributed by atoms with Crippen molar-refractivity contribution in [2.75, 3.05) is 13.2 Å². The Balaban J connectivity index is 0.00000225. The van der Waals surface area contributed by atoms with Gasteiger partial charge in [0.05, 0.1) is 12.6 Å². The van der Waals surface area contributed by atoms with E-state index in [-0.39, 0.29) is 31.1 Å². The van der Waals surface area contributed by atoms with Gasteiger partial charge in [0.25, 0.3) is 0 Å². The molecule has 1 rings (SSSR count). The zero-order valence-electron chi connectivity index (χ0n) is 9.97. The van der Waals surface area contributed by atoms with Crippen LogP contribution in [0.4, 0.5) is 4.79 Å². The van der Waals surface area contributed by atoms with Gasteiger partial charge in [-0.2, -0.15) is 0 Å². The molecule has 0 saturated carbocycles. The summed E-state index contributed by atoms with van der Waals surface area (Å²) in [6, 6.07) is -0.260. The number of ether oxygens (including phenoxy) is 1. The van der Waals surface area contributed by atoms with Crippen LogP contribution in [0.2, 0.25) is 0 Å². The van der Waals surface area contributed by atoms with Crippen molar-refractivity contribution in [1.82, 2.24) is 4.90 Å². The largest absolute Gasteiger partial charge is 0.444 e. The number of carbonyl (C=O) groups excluding carboxylic acids is 1. The van der Waals surface area contributed by atoms with Gasteiger partial charge < -0.3 is 20.5 Å². The predicted octanol–water partition coefficient (Wildman–Crippen LogP) is 0.737. The Bertz CT molecular complexity index is 243. The molecule has 0 aromatic carbocycles. The lowest BCUT2D eigenvalue weighted by Crippen LogP contribution is -2.41. The van der Waals surface area contributed by atoms with Crippen LogP contribution < -0.4 is 5.73 Å². The Morgan fingerprint density at radius 3 is 2.56 bits per heavy atom. The van der Waals surface area contributed by atoms with Crippen molar-refractivity contribution in [2.45, 2.75) is 44.9 Å². The van der Waals surface area contributed by atoms with Crippen LogP contribution in [-0.4, -0.2) is 46.9 Å². The average molecular weight is 253 g/mol. The zero-order valence-corrected chi connectivity index (χ0v) is 10.8. The lowest BCUT2D eigenvalue weighted by Gasteiger charge is -2.27. The van der Waals surface area contributed by atoms with Crippen LogP contribution in [0.5, 0.6) is 0 Å². The number of carbonyl (C=O) groups is 1. The van der Waals surface area contributed by atoms with Crippen molar-refractivity contribution in [3.8, 4) is 0 Å². The third-order valence-corrected chi connectivity index (χ3v) is 2.29. The maximum atomic E-state index is 11.7. The fraction of sp³-hybridized carbons (Fsp3) is 0.900. The van der Waals surface area contributed by atoms with Crippen LogP contribution >= 0.6 is 12.4 Å². The first-order chi connectivity index (χ1) is 6.83. The van der Waals surface area contributed by atoms with Crippen molar-refractivity contribution >= 4 is 18.5 Å². The molecule has 3 N–H and O–H groups in total. The van der Waals surface area contributed by atoms with Gasteiger partial charge in [0.1, 0.15) is 5.60 Å². The Kier molecular flexibility index (Phi) is 5.52. The average Bonchev–Trinajstić information content (AvgIpc) is 2.43. The van der Waals surface area contributed by atoms with E-state index in [2.05, 4.69) is 0 Å². The van der Waals surface area contributed by atoms with Gasteiger partial charge in [-0.1, -0.05) is 0 Å². The van der Waals surface area contributed by atoms with E-state index >= 15 is 0 Å². The maximum Gasteiger partial charge on any atom is 0.410 e. The van der Waals surface area contributed by atoms with E-state index < -0.39 is 11.7 Å². The van der Waals surface area contributed by atoms with E-state index in [1.54, 1.807) is 0 Å². The number of nitrogens with two attached hydrogens (primary N) is 1. The first-order valence-corrected chi connectivity index (χ1v) is 5.19. The standard InChI is InChI=1S/C10H20N2O3.ClH/c1-10(2,3)15-9(14)12-5-7(11)4-8(12)6-13;/h7-8,13H,4-6,11H2,1-3H3;1H/t7-,8+;/m0./s1. The zero-order chi connectivity index (χ0) is 11.6. The normalized spacial score (nSPS) is 25.2. The van der Waals surface area contributed by atoms with Gasteiger partial charge in [-0.25, -0.2) is 4.79 Å². The summed E-state index contributed by atoms with van der Waals surface area (Å²) in [4.78, 5) is 13.2. The molecule has 0 spiro atoms. The van der Waals surface area contributed by atoms with Gasteiger partial charge in [0.2, 0.25) is 0 Å². The van der Waals surface area contributed by atoms with Crippen LogP contribution in [0.15, 0.2) is 0 Å². The third kappa shape index (κ3) is 4.15. The summed E-state index contributed by atoms with van der Waals surface area (Å²) in [7, 11) is 0. The fourth-order valence-corrected chi connectivity index (χ4v) is 1.67. The smallest absolute Gasteiger partial charge is 0.410 e. The van der Waals surface area contributed by atoms with Crippen LogP contribution in [0.25, 0.3) is 0 Å². The van der Waals surface area contributed by atoms with Crippen molar-refractivity contribution in [3.05, 3.63) is 0 Å². The van der Waals surface area contributed by atoms with Crippen molar-refractivity contribution < 1.29 is 14.6 Å². The molecule has 0 radical (unpaired) electrons. The molecule has 1 saturated heterocycles. The minimum atomic E-state index is -0.510. The quantitative estimate of drug-likeness (QED) is 0.722. The Labute approximate surface area is 102 Å². The molecule has 16 heavy (non-hydrogen) atoms. The number of hydrogen-bond acceptors (Lipinski definition) is 4. The number of likely N-dealkylation sites (tertiary alicyclic amines) is 1. The van der Waals surface area contributed by atoms with Crippen molar-refractivity contribution in [1.29, 1.82) is 0 Å². The van der Waals surface area contributed by atoms with Gasteiger partial charge in [-0.05, 0) is 27.2 Å².